The predicted molar refractivity (Wildman–Crippen MR) is 93.6 cm³/mol. The molecular weight excluding hydrogens is 316 g/mol. The number of allylic oxidation sites excluding steroid dienone is 4. The molecule has 4 rings (SSSR count). The van der Waals surface area contributed by atoms with Gasteiger partial charge in [-0.1, -0.05) is 25.5 Å². The molecule has 0 radical (unpaired) electrons. The van der Waals surface area contributed by atoms with Gasteiger partial charge in [0, 0.05) is 23.7 Å². The quantitative estimate of drug-likeness (QED) is 0.742. The molecule has 0 saturated heterocycles. The van der Waals surface area contributed by atoms with Crippen molar-refractivity contribution in [2.75, 3.05) is 0 Å². The van der Waals surface area contributed by atoms with E-state index in [0.29, 0.717) is 18.3 Å². The molecule has 3 saturated carbocycles. The number of carbonyl (C=O) groups is 2. The maximum atomic E-state index is 11.8. The van der Waals surface area contributed by atoms with E-state index in [-0.39, 0.29) is 34.6 Å². The Morgan fingerprint density at radius 1 is 1.28 bits per heavy atom. The summed E-state index contributed by atoms with van der Waals surface area (Å²) in [6.45, 7) is 5.86. The van der Waals surface area contributed by atoms with Crippen LogP contribution >= 0.6 is 0 Å². The van der Waals surface area contributed by atoms with Gasteiger partial charge in [0.15, 0.2) is 5.78 Å². The first-order valence-electron chi connectivity index (χ1n) is 9.55. The number of hydrogen-bond acceptors (Lipinski definition) is 4. The highest BCUT2D eigenvalue weighted by atomic mass is 16.5. The molecule has 0 aliphatic heterocycles. The number of aliphatic hydroxyl groups excluding tert-OH is 1. The van der Waals surface area contributed by atoms with Crippen molar-refractivity contribution in [2.45, 2.75) is 65.1 Å². The van der Waals surface area contributed by atoms with Gasteiger partial charge in [-0.25, -0.2) is 0 Å². The standard InChI is InChI=1S/C21H28O4/c1-12(22)25-18-7-6-16-15-5-4-13-10-14(23)8-9-20(13,2)19(15)17(24)11-21(16,18)3/h8-10,15-19,24H,4-7,11H2,1-3H3/t15-,16+,17-,18-,19-,20-,21-/m0/s1. The molecule has 0 aromatic rings. The Hall–Kier alpha value is -1.42. The molecule has 0 spiro atoms. The van der Waals surface area contributed by atoms with E-state index in [1.165, 1.54) is 12.5 Å². The second-order valence-corrected chi connectivity index (χ2v) is 8.98. The molecule has 0 bridgehead atoms. The Labute approximate surface area is 149 Å². The maximum Gasteiger partial charge on any atom is 0.302 e. The summed E-state index contributed by atoms with van der Waals surface area (Å²) in [5, 5.41) is 11.2. The van der Waals surface area contributed by atoms with E-state index in [0.717, 1.165) is 25.7 Å². The minimum Gasteiger partial charge on any atom is -0.462 e. The van der Waals surface area contributed by atoms with Crippen LogP contribution in [0.3, 0.4) is 0 Å². The third kappa shape index (κ3) is 2.37. The fourth-order valence-electron chi connectivity index (χ4n) is 6.67. The first-order chi connectivity index (χ1) is 11.8. The normalized spacial score (nSPS) is 48.2. The Bertz CT molecular complexity index is 677. The molecule has 0 amide bonds. The maximum absolute atomic E-state index is 11.8. The number of esters is 1. The topological polar surface area (TPSA) is 63.6 Å². The van der Waals surface area contributed by atoms with Crippen LogP contribution in [0.5, 0.6) is 0 Å². The summed E-state index contributed by atoms with van der Waals surface area (Å²) in [7, 11) is 0. The van der Waals surface area contributed by atoms with Crippen molar-refractivity contribution in [3.05, 3.63) is 23.8 Å². The SMILES string of the molecule is CC(=O)O[C@H]1CC[C@@H]2[C@@H]3CCC4=CC(=O)C=C[C@]4(C)[C@@H]3[C@@H](O)C[C@]12C. The van der Waals surface area contributed by atoms with Crippen molar-refractivity contribution in [2.24, 2.45) is 28.6 Å². The first-order valence-corrected chi connectivity index (χ1v) is 9.55. The van der Waals surface area contributed by atoms with Crippen molar-refractivity contribution >= 4 is 11.8 Å². The molecule has 25 heavy (non-hydrogen) atoms. The Morgan fingerprint density at radius 2 is 2.04 bits per heavy atom. The minimum absolute atomic E-state index is 0.0665. The van der Waals surface area contributed by atoms with Gasteiger partial charge in [0.05, 0.1) is 6.10 Å². The molecule has 4 nitrogen and oxygen atoms in total. The lowest BCUT2D eigenvalue weighted by Crippen LogP contribution is -2.56. The van der Waals surface area contributed by atoms with E-state index >= 15 is 0 Å². The Kier molecular flexibility index (Phi) is 3.77. The molecule has 0 aromatic heterocycles. The fourth-order valence-corrected chi connectivity index (χ4v) is 6.67. The number of aliphatic hydroxyl groups is 1. The van der Waals surface area contributed by atoms with Crippen LogP contribution in [0.2, 0.25) is 0 Å². The van der Waals surface area contributed by atoms with Crippen LogP contribution in [0, 0.1) is 28.6 Å². The molecule has 0 aromatic carbocycles. The lowest BCUT2D eigenvalue weighted by Gasteiger charge is -2.58. The summed E-state index contributed by atoms with van der Waals surface area (Å²) >= 11 is 0. The van der Waals surface area contributed by atoms with Gasteiger partial charge in [-0.3, -0.25) is 9.59 Å². The molecule has 4 aliphatic carbocycles. The second kappa shape index (κ2) is 5.54. The van der Waals surface area contributed by atoms with E-state index in [4.69, 9.17) is 4.74 Å². The lowest BCUT2D eigenvalue weighted by atomic mass is 9.47. The zero-order chi connectivity index (χ0) is 18.0. The van der Waals surface area contributed by atoms with Crippen LogP contribution < -0.4 is 0 Å². The summed E-state index contributed by atoms with van der Waals surface area (Å²) < 4.78 is 5.64. The third-order valence-corrected chi connectivity index (χ3v) is 7.71. The zero-order valence-corrected chi connectivity index (χ0v) is 15.3. The molecule has 0 heterocycles. The predicted octanol–water partition coefficient (Wildman–Crippen LogP) is 3.20. The van der Waals surface area contributed by atoms with Gasteiger partial charge in [-0.15, -0.1) is 0 Å². The van der Waals surface area contributed by atoms with Crippen molar-refractivity contribution in [1.82, 2.24) is 0 Å². The Balaban J connectivity index is 1.69. The van der Waals surface area contributed by atoms with Crippen LogP contribution in [-0.4, -0.2) is 29.1 Å². The average molecular weight is 344 g/mol. The van der Waals surface area contributed by atoms with Crippen molar-refractivity contribution < 1.29 is 19.4 Å². The van der Waals surface area contributed by atoms with Gasteiger partial charge in [-0.2, -0.15) is 0 Å². The van der Waals surface area contributed by atoms with Gasteiger partial charge < -0.3 is 9.84 Å². The van der Waals surface area contributed by atoms with Gasteiger partial charge in [0.25, 0.3) is 0 Å². The summed E-state index contributed by atoms with van der Waals surface area (Å²) in [5.74, 6) is 0.866. The number of carbonyl (C=O) groups excluding carboxylic acids is 2. The monoisotopic (exact) mass is 344 g/mol. The third-order valence-electron chi connectivity index (χ3n) is 7.71. The molecular formula is C21H28O4. The Morgan fingerprint density at radius 3 is 2.76 bits per heavy atom. The summed E-state index contributed by atoms with van der Waals surface area (Å²) in [6, 6.07) is 0. The molecule has 3 fully saturated rings. The van der Waals surface area contributed by atoms with Gasteiger partial charge in [0.2, 0.25) is 0 Å². The van der Waals surface area contributed by atoms with Crippen LogP contribution in [0.25, 0.3) is 0 Å². The van der Waals surface area contributed by atoms with E-state index < -0.39 is 6.10 Å². The van der Waals surface area contributed by atoms with Gasteiger partial charge in [0.1, 0.15) is 6.10 Å². The number of fused-ring (bicyclic) bond motifs is 5. The minimum atomic E-state index is -0.436. The van der Waals surface area contributed by atoms with Gasteiger partial charge in [-0.05, 0) is 56.1 Å². The first kappa shape index (κ1) is 17.0. The number of hydrogen-bond donors (Lipinski definition) is 1. The molecule has 4 aliphatic rings. The molecule has 1 N–H and O–H groups in total. The smallest absolute Gasteiger partial charge is 0.302 e. The largest absolute Gasteiger partial charge is 0.462 e. The van der Waals surface area contributed by atoms with E-state index in [9.17, 15) is 14.7 Å². The van der Waals surface area contributed by atoms with Crippen LogP contribution in [0.15, 0.2) is 23.8 Å². The highest BCUT2D eigenvalue weighted by Crippen LogP contribution is 2.64. The van der Waals surface area contributed by atoms with Crippen LogP contribution in [-0.2, 0) is 14.3 Å². The van der Waals surface area contributed by atoms with Crippen LogP contribution in [0.1, 0.15) is 52.9 Å². The van der Waals surface area contributed by atoms with E-state index in [2.05, 4.69) is 13.8 Å². The van der Waals surface area contributed by atoms with Crippen LogP contribution in [0.4, 0.5) is 0 Å². The summed E-state index contributed by atoms with van der Waals surface area (Å²) in [6.07, 6.45) is 9.52. The highest BCUT2D eigenvalue weighted by Gasteiger charge is 2.62. The highest BCUT2D eigenvalue weighted by molar-refractivity contribution is 6.01. The molecule has 0 unspecified atom stereocenters. The zero-order valence-electron chi connectivity index (χ0n) is 15.3. The second-order valence-electron chi connectivity index (χ2n) is 8.98. The van der Waals surface area contributed by atoms with Gasteiger partial charge >= 0.3 is 5.97 Å². The fraction of sp³-hybridized carbons (Fsp3) is 0.714. The number of rotatable bonds is 1. The molecule has 136 valence electrons. The van der Waals surface area contributed by atoms with Crippen molar-refractivity contribution in [3.8, 4) is 0 Å². The lowest BCUT2D eigenvalue weighted by molar-refractivity contribution is -0.165. The summed E-state index contributed by atoms with van der Waals surface area (Å²) in [4.78, 5) is 23.3. The van der Waals surface area contributed by atoms with E-state index in [1.54, 1.807) is 12.2 Å². The molecule has 7 atom stereocenters. The number of ether oxygens (including phenoxy) is 1. The van der Waals surface area contributed by atoms with Crippen molar-refractivity contribution in [1.29, 1.82) is 0 Å². The summed E-state index contributed by atoms with van der Waals surface area (Å²) in [5.41, 5.74) is 0.813. The van der Waals surface area contributed by atoms with E-state index in [1.807, 2.05) is 6.08 Å². The van der Waals surface area contributed by atoms with Crippen molar-refractivity contribution in [3.63, 3.8) is 0 Å². The molecule has 4 heteroatoms. The average Bonchev–Trinajstić information content (AvgIpc) is 2.83. The number of ketones is 1.